The average molecular weight is 203 g/mol. The first kappa shape index (κ1) is 9.45. The van der Waals surface area contributed by atoms with Gasteiger partial charge in [0, 0.05) is 18.5 Å². The molecule has 0 aliphatic heterocycles. The van der Waals surface area contributed by atoms with Crippen molar-refractivity contribution in [2.24, 2.45) is 0 Å². The number of benzene rings is 1. The largest absolute Gasteiger partial charge is 0.481 e. The number of carboxylic acid groups (broad SMARTS) is 1. The summed E-state index contributed by atoms with van der Waals surface area (Å²) in [5.74, 6) is -0.833. The predicted octanol–water partition coefficient (Wildman–Crippen LogP) is 2.51. The van der Waals surface area contributed by atoms with E-state index >= 15 is 0 Å². The molecule has 0 fully saturated rings. The van der Waals surface area contributed by atoms with Crippen LogP contribution in [0.4, 0.5) is 0 Å². The van der Waals surface area contributed by atoms with Gasteiger partial charge >= 0.3 is 0 Å². The van der Waals surface area contributed by atoms with E-state index in [1.54, 1.807) is 6.20 Å². The van der Waals surface area contributed by atoms with Crippen molar-refractivity contribution in [3.8, 4) is 0 Å². The Morgan fingerprint density at radius 3 is 2.67 bits per heavy atom. The number of carbonyl (C=O) groups is 1. The Balaban J connectivity index is 0.000000188. The molecule has 3 aromatic rings. The topological polar surface area (TPSA) is 63.3 Å². The molecule has 76 valence electrons. The van der Waals surface area contributed by atoms with E-state index in [1.807, 2.05) is 24.3 Å². The first-order valence-corrected chi connectivity index (χ1v) is 4.43. The van der Waals surface area contributed by atoms with Crippen LogP contribution >= 0.6 is 0 Å². The van der Waals surface area contributed by atoms with E-state index in [-0.39, 0.29) is 0 Å². The Labute approximate surface area is 85.5 Å². The molecule has 0 radical (unpaired) electrons. The predicted molar refractivity (Wildman–Crippen MR) is 56.0 cm³/mol. The fourth-order valence-electron chi connectivity index (χ4n) is 1.41. The van der Waals surface area contributed by atoms with Crippen LogP contribution in [0.1, 0.15) is 6.92 Å². The Morgan fingerprint density at radius 2 is 2.00 bits per heavy atom. The van der Waals surface area contributed by atoms with Crippen LogP contribution in [0.15, 0.2) is 34.9 Å². The molecule has 2 bridgehead atoms. The first-order valence-electron chi connectivity index (χ1n) is 4.43. The molecule has 0 spiro atoms. The highest BCUT2D eigenvalue weighted by Crippen LogP contribution is 2.28. The molecular formula is C11H9NO3. The zero-order valence-corrected chi connectivity index (χ0v) is 8.10. The van der Waals surface area contributed by atoms with Crippen molar-refractivity contribution in [2.75, 3.05) is 0 Å². The number of nitrogens with zero attached hydrogens (tertiary/aromatic N) is 1. The van der Waals surface area contributed by atoms with Gasteiger partial charge in [0.25, 0.3) is 5.97 Å². The quantitative estimate of drug-likeness (QED) is 0.609. The Kier molecular flexibility index (Phi) is 2.25. The standard InChI is InChI=1S/C9H5NO.C2H4O2/c1-2-6-7-3-4-8(11-7)9(6)10-5-1;1-2(3)4/h1-5H;1H3,(H,3,4). The summed E-state index contributed by atoms with van der Waals surface area (Å²) in [5.41, 5.74) is 2.80. The summed E-state index contributed by atoms with van der Waals surface area (Å²) in [7, 11) is 0. The number of rotatable bonds is 0. The normalized spacial score (nSPS) is 10.2. The summed E-state index contributed by atoms with van der Waals surface area (Å²) < 4.78 is 5.40. The van der Waals surface area contributed by atoms with Gasteiger partial charge in [-0.15, -0.1) is 0 Å². The average Bonchev–Trinajstić information content (AvgIpc) is 2.77. The van der Waals surface area contributed by atoms with Crippen LogP contribution in [0, 0.1) is 0 Å². The summed E-state index contributed by atoms with van der Waals surface area (Å²) in [6.45, 7) is 1.08. The van der Waals surface area contributed by atoms with Crippen LogP contribution in [0.25, 0.3) is 22.1 Å². The van der Waals surface area contributed by atoms with E-state index in [0.717, 1.165) is 29.0 Å². The minimum absolute atomic E-state index is 0.833. The van der Waals surface area contributed by atoms with E-state index in [4.69, 9.17) is 14.3 Å². The molecule has 0 aliphatic rings. The number of carboxylic acids is 1. The third kappa shape index (κ3) is 1.74. The number of hydrogen-bond acceptors (Lipinski definition) is 3. The lowest BCUT2D eigenvalue weighted by Gasteiger charge is -1.86. The zero-order valence-electron chi connectivity index (χ0n) is 8.10. The highest BCUT2D eigenvalue weighted by molar-refractivity contribution is 6.04. The first-order chi connectivity index (χ1) is 7.18. The maximum absolute atomic E-state index is 9.00. The summed E-state index contributed by atoms with van der Waals surface area (Å²) in [4.78, 5) is 13.2. The van der Waals surface area contributed by atoms with Crippen LogP contribution < -0.4 is 0 Å². The molecule has 15 heavy (non-hydrogen) atoms. The van der Waals surface area contributed by atoms with Crippen LogP contribution in [0.5, 0.6) is 0 Å². The van der Waals surface area contributed by atoms with Gasteiger partial charge in [-0.05, 0) is 24.3 Å². The van der Waals surface area contributed by atoms with Crippen LogP contribution in [0.3, 0.4) is 0 Å². The van der Waals surface area contributed by atoms with Crippen molar-refractivity contribution >= 4 is 28.0 Å². The summed E-state index contributed by atoms with van der Waals surface area (Å²) >= 11 is 0. The number of hydrogen-bond donors (Lipinski definition) is 1. The second kappa shape index (κ2) is 3.57. The Hall–Kier alpha value is -2.10. The SMILES string of the molecule is CC(=O)O.c1cnc2c3ccc(o3)c2c1. The third-order valence-corrected chi connectivity index (χ3v) is 1.91. The number of aromatic nitrogens is 1. The number of fused-ring (bicyclic) bond motifs is 5. The van der Waals surface area contributed by atoms with Crippen LogP contribution in [0.2, 0.25) is 0 Å². The van der Waals surface area contributed by atoms with Gasteiger partial charge in [-0.3, -0.25) is 9.78 Å². The second-order valence-electron chi connectivity index (χ2n) is 3.08. The smallest absolute Gasteiger partial charge is 0.300 e. The van der Waals surface area contributed by atoms with Gasteiger partial charge in [-0.1, -0.05) is 0 Å². The maximum Gasteiger partial charge on any atom is 0.300 e. The lowest BCUT2D eigenvalue weighted by atomic mass is 10.2. The van der Waals surface area contributed by atoms with Crippen molar-refractivity contribution in [3.05, 3.63) is 30.5 Å². The molecular weight excluding hydrogens is 194 g/mol. The van der Waals surface area contributed by atoms with Gasteiger partial charge in [0.05, 0.1) is 0 Å². The zero-order chi connectivity index (χ0) is 10.8. The van der Waals surface area contributed by atoms with E-state index in [2.05, 4.69) is 4.98 Å². The maximum atomic E-state index is 9.00. The molecule has 0 amide bonds. The molecule has 0 unspecified atom stereocenters. The molecule has 4 nitrogen and oxygen atoms in total. The van der Waals surface area contributed by atoms with Gasteiger partial charge in [-0.25, -0.2) is 0 Å². The minimum atomic E-state index is -0.833. The van der Waals surface area contributed by atoms with Gasteiger partial charge < -0.3 is 9.52 Å². The minimum Gasteiger partial charge on any atom is -0.481 e. The Bertz CT molecular complexity index is 537. The van der Waals surface area contributed by atoms with E-state index in [0.29, 0.717) is 0 Å². The fraction of sp³-hybridized carbons (Fsp3) is 0.0909. The van der Waals surface area contributed by atoms with E-state index < -0.39 is 5.97 Å². The van der Waals surface area contributed by atoms with Crippen LogP contribution in [-0.4, -0.2) is 16.1 Å². The summed E-state index contributed by atoms with van der Waals surface area (Å²) in [6, 6.07) is 7.86. The highest BCUT2D eigenvalue weighted by Gasteiger charge is 2.07. The molecule has 0 saturated heterocycles. The van der Waals surface area contributed by atoms with E-state index in [9.17, 15) is 0 Å². The molecule has 0 saturated carbocycles. The second-order valence-corrected chi connectivity index (χ2v) is 3.08. The lowest BCUT2D eigenvalue weighted by molar-refractivity contribution is -0.134. The third-order valence-electron chi connectivity index (χ3n) is 1.91. The van der Waals surface area contributed by atoms with Gasteiger partial charge in [0.15, 0.2) is 5.58 Å². The highest BCUT2D eigenvalue weighted by atomic mass is 16.4. The molecule has 3 aromatic heterocycles. The van der Waals surface area contributed by atoms with Crippen molar-refractivity contribution in [1.29, 1.82) is 0 Å². The Morgan fingerprint density at radius 1 is 1.33 bits per heavy atom. The number of furan rings is 2. The summed E-state index contributed by atoms with van der Waals surface area (Å²) in [6.07, 6.45) is 1.78. The van der Waals surface area contributed by atoms with Gasteiger partial charge in [0.1, 0.15) is 11.1 Å². The van der Waals surface area contributed by atoms with Crippen molar-refractivity contribution in [2.45, 2.75) is 6.92 Å². The van der Waals surface area contributed by atoms with Gasteiger partial charge in [-0.2, -0.15) is 0 Å². The molecule has 0 aromatic carbocycles. The molecule has 3 heterocycles. The van der Waals surface area contributed by atoms with Crippen molar-refractivity contribution in [1.82, 2.24) is 4.98 Å². The molecule has 0 atom stereocenters. The number of pyridine rings is 1. The monoisotopic (exact) mass is 203 g/mol. The van der Waals surface area contributed by atoms with Crippen molar-refractivity contribution in [3.63, 3.8) is 0 Å². The molecule has 3 rings (SSSR count). The molecule has 1 N–H and O–H groups in total. The van der Waals surface area contributed by atoms with Gasteiger partial charge in [0.2, 0.25) is 0 Å². The van der Waals surface area contributed by atoms with Crippen LogP contribution in [-0.2, 0) is 4.79 Å². The van der Waals surface area contributed by atoms with E-state index in [1.165, 1.54) is 0 Å². The fourth-order valence-corrected chi connectivity index (χ4v) is 1.41. The lowest BCUT2D eigenvalue weighted by Crippen LogP contribution is -1.78. The molecule has 4 heteroatoms. The van der Waals surface area contributed by atoms with Crippen molar-refractivity contribution < 1.29 is 14.3 Å². The molecule has 0 aliphatic carbocycles. The number of aliphatic carboxylic acids is 1. The summed E-state index contributed by atoms with van der Waals surface area (Å²) in [5, 5.41) is 8.53.